The molecule has 0 saturated heterocycles. The van der Waals surface area contributed by atoms with E-state index in [-0.39, 0.29) is 5.56 Å². The molecule has 0 atom stereocenters. The largest absolute Gasteiger partial charge is 0.384 e. The highest BCUT2D eigenvalue weighted by Gasteiger charge is 2.02. The molecule has 13 heavy (non-hydrogen) atoms. The van der Waals surface area contributed by atoms with Gasteiger partial charge in [-0.2, -0.15) is 0 Å². The second-order valence-corrected chi connectivity index (χ2v) is 2.76. The van der Waals surface area contributed by atoms with Crippen LogP contribution in [0.2, 0.25) is 0 Å². The summed E-state index contributed by atoms with van der Waals surface area (Å²) in [6.45, 7) is 0. The first-order chi connectivity index (χ1) is 6.18. The Balaban J connectivity index is 2.97. The first kappa shape index (κ1) is 7.72. The van der Waals surface area contributed by atoms with Crippen LogP contribution in [-0.4, -0.2) is 14.5 Å². The Morgan fingerprint density at radius 3 is 3.00 bits per heavy atom. The summed E-state index contributed by atoms with van der Waals surface area (Å²) in [5.41, 5.74) is 6.15. The second kappa shape index (κ2) is 2.55. The van der Waals surface area contributed by atoms with E-state index in [4.69, 9.17) is 5.73 Å². The Morgan fingerprint density at radius 2 is 2.23 bits per heavy atom. The lowest BCUT2D eigenvalue weighted by molar-refractivity contribution is 0.839. The number of hydrogen-bond donors (Lipinski definition) is 1. The minimum absolute atomic E-state index is 0.183. The van der Waals surface area contributed by atoms with Crippen molar-refractivity contribution in [2.24, 2.45) is 7.05 Å². The van der Waals surface area contributed by atoms with Gasteiger partial charge in [-0.1, -0.05) is 0 Å². The van der Waals surface area contributed by atoms with E-state index in [2.05, 4.69) is 9.97 Å². The summed E-state index contributed by atoms with van der Waals surface area (Å²) in [5, 5.41) is 0. The monoisotopic (exact) mass is 176 g/mol. The van der Waals surface area contributed by atoms with Crippen molar-refractivity contribution in [2.75, 3.05) is 5.73 Å². The Bertz CT molecular complexity index is 512. The minimum atomic E-state index is -0.183. The fraction of sp³-hybridized carbons (Fsp3) is 0.125. The van der Waals surface area contributed by atoms with Crippen LogP contribution in [0.1, 0.15) is 0 Å². The van der Waals surface area contributed by atoms with Crippen LogP contribution in [0.25, 0.3) is 11.0 Å². The van der Waals surface area contributed by atoms with Crippen molar-refractivity contribution in [3.8, 4) is 0 Å². The van der Waals surface area contributed by atoms with Crippen LogP contribution in [0.15, 0.2) is 23.3 Å². The van der Waals surface area contributed by atoms with Gasteiger partial charge in [-0.25, -0.2) is 9.97 Å². The van der Waals surface area contributed by atoms with E-state index >= 15 is 0 Å². The summed E-state index contributed by atoms with van der Waals surface area (Å²) in [4.78, 5) is 19.4. The lowest BCUT2D eigenvalue weighted by Crippen LogP contribution is -2.18. The molecule has 0 aromatic carbocycles. The maximum Gasteiger partial charge on any atom is 0.279 e. The normalized spacial score (nSPS) is 10.5. The highest BCUT2D eigenvalue weighted by atomic mass is 16.1. The van der Waals surface area contributed by atoms with Gasteiger partial charge in [-0.15, -0.1) is 0 Å². The van der Waals surface area contributed by atoms with E-state index < -0.39 is 0 Å². The van der Waals surface area contributed by atoms with Crippen LogP contribution >= 0.6 is 0 Å². The summed E-state index contributed by atoms with van der Waals surface area (Å²) < 4.78 is 1.37. The van der Waals surface area contributed by atoms with Gasteiger partial charge in [0.05, 0.1) is 11.8 Å². The quantitative estimate of drug-likeness (QED) is 0.608. The van der Waals surface area contributed by atoms with Crippen LogP contribution in [-0.2, 0) is 7.05 Å². The van der Waals surface area contributed by atoms with Gasteiger partial charge >= 0.3 is 0 Å². The number of fused-ring (bicyclic) bond motifs is 1. The maximum atomic E-state index is 11.5. The smallest absolute Gasteiger partial charge is 0.279 e. The molecule has 2 N–H and O–H groups in total. The molecule has 5 heteroatoms. The number of aryl methyl sites for hydroxylation is 1. The minimum Gasteiger partial charge on any atom is -0.384 e. The van der Waals surface area contributed by atoms with Gasteiger partial charge in [0.1, 0.15) is 5.82 Å². The SMILES string of the molecule is Cn1cnc2ccc(N)nc2c1=O. The predicted molar refractivity (Wildman–Crippen MR) is 49.2 cm³/mol. The summed E-state index contributed by atoms with van der Waals surface area (Å²) >= 11 is 0. The molecule has 0 aliphatic carbocycles. The molecule has 0 bridgehead atoms. The van der Waals surface area contributed by atoms with Crippen molar-refractivity contribution in [1.82, 2.24) is 14.5 Å². The van der Waals surface area contributed by atoms with Crippen molar-refractivity contribution in [2.45, 2.75) is 0 Å². The second-order valence-electron chi connectivity index (χ2n) is 2.76. The Labute approximate surface area is 73.8 Å². The number of hydrogen-bond acceptors (Lipinski definition) is 4. The molecule has 0 amide bonds. The lowest BCUT2D eigenvalue weighted by Gasteiger charge is -1.99. The summed E-state index contributed by atoms with van der Waals surface area (Å²) in [5.74, 6) is 0.331. The number of nitrogen functional groups attached to an aromatic ring is 1. The molecule has 0 fully saturated rings. The molecule has 2 aromatic rings. The van der Waals surface area contributed by atoms with Crippen LogP contribution in [0.4, 0.5) is 5.82 Å². The van der Waals surface area contributed by atoms with Gasteiger partial charge in [0.15, 0.2) is 5.52 Å². The average molecular weight is 176 g/mol. The van der Waals surface area contributed by atoms with Crippen LogP contribution in [0.5, 0.6) is 0 Å². The van der Waals surface area contributed by atoms with Crippen molar-refractivity contribution in [3.63, 3.8) is 0 Å². The molecule has 2 rings (SSSR count). The van der Waals surface area contributed by atoms with Crippen molar-refractivity contribution in [3.05, 3.63) is 28.8 Å². The third kappa shape index (κ3) is 1.14. The summed E-state index contributed by atoms with van der Waals surface area (Å²) in [6.07, 6.45) is 1.46. The Morgan fingerprint density at radius 1 is 1.46 bits per heavy atom. The van der Waals surface area contributed by atoms with Crippen LogP contribution in [0, 0.1) is 0 Å². The van der Waals surface area contributed by atoms with Crippen molar-refractivity contribution >= 4 is 16.9 Å². The van der Waals surface area contributed by atoms with E-state index in [0.29, 0.717) is 16.9 Å². The fourth-order valence-electron chi connectivity index (χ4n) is 1.10. The van der Waals surface area contributed by atoms with Gasteiger partial charge in [0.25, 0.3) is 5.56 Å². The van der Waals surface area contributed by atoms with Crippen molar-refractivity contribution in [1.29, 1.82) is 0 Å². The molecule has 0 unspecified atom stereocenters. The molecule has 5 nitrogen and oxygen atoms in total. The zero-order valence-electron chi connectivity index (χ0n) is 7.06. The molecule has 2 aromatic heterocycles. The Hall–Kier alpha value is -1.91. The molecule has 66 valence electrons. The maximum absolute atomic E-state index is 11.5. The lowest BCUT2D eigenvalue weighted by atomic mass is 10.3. The number of rotatable bonds is 0. The number of nitrogens with zero attached hydrogens (tertiary/aromatic N) is 3. The highest BCUT2D eigenvalue weighted by molar-refractivity contribution is 5.74. The van der Waals surface area contributed by atoms with E-state index in [1.807, 2.05) is 0 Å². The first-order valence-corrected chi connectivity index (χ1v) is 3.76. The van der Waals surface area contributed by atoms with E-state index in [1.54, 1.807) is 19.2 Å². The molecule has 0 spiro atoms. The topological polar surface area (TPSA) is 73.8 Å². The number of pyridine rings is 1. The van der Waals surface area contributed by atoms with Crippen molar-refractivity contribution < 1.29 is 0 Å². The molecule has 0 radical (unpaired) electrons. The first-order valence-electron chi connectivity index (χ1n) is 3.76. The molecular weight excluding hydrogens is 168 g/mol. The standard InChI is InChI=1S/C8H8N4O/c1-12-4-10-5-2-3-6(9)11-7(5)8(12)13/h2-4H,1H3,(H2,9,11). The molecular formula is C8H8N4O. The van der Waals surface area contributed by atoms with Gasteiger partial charge in [-0.3, -0.25) is 4.79 Å². The van der Waals surface area contributed by atoms with Crippen LogP contribution in [0.3, 0.4) is 0 Å². The number of anilines is 1. The average Bonchev–Trinajstić information content (AvgIpc) is 2.12. The highest BCUT2D eigenvalue weighted by Crippen LogP contribution is 2.05. The van der Waals surface area contributed by atoms with Gasteiger partial charge in [-0.05, 0) is 12.1 Å². The fourth-order valence-corrected chi connectivity index (χ4v) is 1.10. The zero-order chi connectivity index (χ0) is 9.42. The zero-order valence-corrected chi connectivity index (χ0v) is 7.06. The van der Waals surface area contributed by atoms with E-state index in [9.17, 15) is 4.79 Å². The Kier molecular flexibility index (Phi) is 1.51. The third-order valence-electron chi connectivity index (χ3n) is 1.79. The molecule has 0 aliphatic heterocycles. The predicted octanol–water partition coefficient (Wildman–Crippen LogP) is -0.0893. The molecule has 2 heterocycles. The van der Waals surface area contributed by atoms with Gasteiger partial charge in [0.2, 0.25) is 0 Å². The number of nitrogens with two attached hydrogens (primary N) is 1. The van der Waals surface area contributed by atoms with Gasteiger partial charge in [0, 0.05) is 7.05 Å². The third-order valence-corrected chi connectivity index (χ3v) is 1.79. The molecule has 0 saturated carbocycles. The number of aromatic nitrogens is 3. The van der Waals surface area contributed by atoms with E-state index in [0.717, 1.165) is 0 Å². The molecule has 0 aliphatic rings. The van der Waals surface area contributed by atoms with E-state index in [1.165, 1.54) is 10.9 Å². The van der Waals surface area contributed by atoms with Crippen LogP contribution < -0.4 is 11.3 Å². The summed E-state index contributed by atoms with van der Waals surface area (Å²) in [6, 6.07) is 3.30. The summed E-state index contributed by atoms with van der Waals surface area (Å²) in [7, 11) is 1.62. The van der Waals surface area contributed by atoms with Gasteiger partial charge < -0.3 is 10.3 Å².